The molecule has 0 rings (SSSR count). The highest BCUT2D eigenvalue weighted by Crippen LogP contribution is 2.18. The Morgan fingerprint density at radius 2 is 2.08 bits per heavy atom. The first kappa shape index (κ1) is 12.2. The molecule has 1 N–H and O–H groups in total. The zero-order chi connectivity index (χ0) is 10.5. The van der Waals surface area contributed by atoms with Crippen molar-refractivity contribution >= 4 is 5.97 Å². The predicted octanol–water partition coefficient (Wildman–Crippen LogP) is 2.22. The van der Waals surface area contributed by atoms with E-state index in [2.05, 4.69) is 0 Å². The molecule has 3 heteroatoms. The van der Waals surface area contributed by atoms with Crippen LogP contribution in [0.5, 0.6) is 0 Å². The Hall–Kier alpha value is -0.830. The van der Waals surface area contributed by atoms with Gasteiger partial charge in [0.1, 0.15) is 0 Å². The molecule has 0 bridgehead atoms. The molecule has 0 aromatic heterocycles. The van der Waals surface area contributed by atoms with Gasteiger partial charge in [-0.15, -0.1) is 0 Å². The lowest BCUT2D eigenvalue weighted by Crippen LogP contribution is -2.26. The molecule has 1 unspecified atom stereocenters. The Bertz CT molecular complexity index is 208. The summed E-state index contributed by atoms with van der Waals surface area (Å²) in [6.45, 7) is 7.94. The van der Waals surface area contributed by atoms with E-state index in [0.29, 0.717) is 12.2 Å². The summed E-state index contributed by atoms with van der Waals surface area (Å²) in [5.74, 6) is -0.889. The number of aliphatic carboxylic acids is 1. The van der Waals surface area contributed by atoms with Gasteiger partial charge in [0.2, 0.25) is 0 Å². The molecule has 0 aromatic carbocycles. The van der Waals surface area contributed by atoms with Gasteiger partial charge >= 0.3 is 5.97 Å². The van der Waals surface area contributed by atoms with Gasteiger partial charge in [0.25, 0.3) is 0 Å². The minimum Gasteiger partial charge on any atom is -0.478 e. The fourth-order valence-corrected chi connectivity index (χ4v) is 1.10. The van der Waals surface area contributed by atoms with Gasteiger partial charge in [-0.2, -0.15) is 0 Å². The summed E-state index contributed by atoms with van der Waals surface area (Å²) in [7, 11) is 0. The predicted molar refractivity (Wildman–Crippen MR) is 51.7 cm³/mol. The van der Waals surface area contributed by atoms with Crippen LogP contribution in [0, 0.1) is 0 Å². The van der Waals surface area contributed by atoms with E-state index in [9.17, 15) is 4.79 Å². The second-order valence-electron chi connectivity index (χ2n) is 3.23. The summed E-state index contributed by atoms with van der Waals surface area (Å²) in [6.07, 6.45) is 2.43. The second-order valence-corrected chi connectivity index (χ2v) is 3.23. The van der Waals surface area contributed by atoms with Gasteiger partial charge < -0.3 is 9.84 Å². The SMILES string of the molecule is CCOC(C)(C=C(C)C(=O)O)CC. The largest absolute Gasteiger partial charge is 0.478 e. The molecule has 1 atom stereocenters. The minimum absolute atomic E-state index is 0.331. The third kappa shape index (κ3) is 4.08. The zero-order valence-corrected chi connectivity index (χ0v) is 8.76. The van der Waals surface area contributed by atoms with Crippen molar-refractivity contribution in [1.82, 2.24) is 0 Å². The normalized spacial score (nSPS) is 16.8. The second kappa shape index (κ2) is 5.02. The topological polar surface area (TPSA) is 46.5 Å². The van der Waals surface area contributed by atoms with Crippen molar-refractivity contribution in [3.05, 3.63) is 11.6 Å². The van der Waals surface area contributed by atoms with Crippen molar-refractivity contribution in [1.29, 1.82) is 0 Å². The minimum atomic E-state index is -0.889. The molecule has 0 fully saturated rings. The van der Waals surface area contributed by atoms with E-state index in [4.69, 9.17) is 9.84 Å². The van der Waals surface area contributed by atoms with Gasteiger partial charge in [0.15, 0.2) is 0 Å². The van der Waals surface area contributed by atoms with Crippen molar-refractivity contribution in [2.24, 2.45) is 0 Å². The van der Waals surface area contributed by atoms with Crippen LogP contribution in [0.1, 0.15) is 34.1 Å². The molecule has 13 heavy (non-hydrogen) atoms. The van der Waals surface area contributed by atoms with Crippen molar-refractivity contribution in [2.45, 2.75) is 39.7 Å². The highest BCUT2D eigenvalue weighted by Gasteiger charge is 2.20. The molecule has 0 aromatic rings. The molecular formula is C10H18O3. The van der Waals surface area contributed by atoms with Crippen molar-refractivity contribution in [2.75, 3.05) is 6.61 Å². The molecule has 0 aliphatic carbocycles. The van der Waals surface area contributed by atoms with Gasteiger partial charge in [-0.05, 0) is 33.3 Å². The molecule has 0 amide bonds. The lowest BCUT2D eigenvalue weighted by Gasteiger charge is -2.24. The van der Waals surface area contributed by atoms with Crippen molar-refractivity contribution < 1.29 is 14.6 Å². The molecule has 0 saturated heterocycles. The van der Waals surface area contributed by atoms with E-state index >= 15 is 0 Å². The van der Waals surface area contributed by atoms with E-state index in [0.717, 1.165) is 6.42 Å². The summed E-state index contributed by atoms with van der Waals surface area (Å²) in [6, 6.07) is 0. The van der Waals surface area contributed by atoms with Crippen LogP contribution in [0.15, 0.2) is 11.6 Å². The average Bonchev–Trinajstić information content (AvgIpc) is 2.04. The third-order valence-corrected chi connectivity index (χ3v) is 2.04. The fourth-order valence-electron chi connectivity index (χ4n) is 1.10. The van der Waals surface area contributed by atoms with E-state index in [1.807, 2.05) is 20.8 Å². The van der Waals surface area contributed by atoms with Gasteiger partial charge in [0, 0.05) is 12.2 Å². The average molecular weight is 186 g/mol. The van der Waals surface area contributed by atoms with Crippen LogP contribution in [-0.4, -0.2) is 23.3 Å². The Balaban J connectivity index is 4.58. The van der Waals surface area contributed by atoms with Crippen LogP contribution in [0.4, 0.5) is 0 Å². The van der Waals surface area contributed by atoms with Crippen LogP contribution in [0.2, 0.25) is 0 Å². The number of hydrogen-bond donors (Lipinski definition) is 1. The van der Waals surface area contributed by atoms with Crippen molar-refractivity contribution in [3.8, 4) is 0 Å². The summed E-state index contributed by atoms with van der Waals surface area (Å²) >= 11 is 0. The first-order valence-corrected chi connectivity index (χ1v) is 4.52. The van der Waals surface area contributed by atoms with Gasteiger partial charge in [0.05, 0.1) is 5.60 Å². The van der Waals surface area contributed by atoms with Gasteiger partial charge in [-0.25, -0.2) is 4.79 Å². The molecule has 3 nitrogen and oxygen atoms in total. The standard InChI is InChI=1S/C10H18O3/c1-5-10(4,13-6-2)7-8(3)9(11)12/h7H,5-6H2,1-4H3,(H,11,12). The molecule has 0 spiro atoms. The van der Waals surface area contributed by atoms with E-state index in [-0.39, 0.29) is 0 Å². The maximum Gasteiger partial charge on any atom is 0.331 e. The number of ether oxygens (including phenoxy) is 1. The fraction of sp³-hybridized carbons (Fsp3) is 0.700. The molecule has 0 radical (unpaired) electrons. The summed E-state index contributed by atoms with van der Waals surface area (Å²) < 4.78 is 5.46. The molecule has 76 valence electrons. The summed E-state index contributed by atoms with van der Waals surface area (Å²) in [5, 5.41) is 8.69. The summed E-state index contributed by atoms with van der Waals surface area (Å²) in [5.41, 5.74) is -0.116. The maximum absolute atomic E-state index is 10.6. The van der Waals surface area contributed by atoms with E-state index < -0.39 is 11.6 Å². The van der Waals surface area contributed by atoms with Crippen LogP contribution >= 0.6 is 0 Å². The van der Waals surface area contributed by atoms with Gasteiger partial charge in [-0.1, -0.05) is 6.92 Å². The van der Waals surface area contributed by atoms with Gasteiger partial charge in [-0.3, -0.25) is 0 Å². The number of hydrogen-bond acceptors (Lipinski definition) is 2. The highest BCUT2D eigenvalue weighted by molar-refractivity contribution is 5.86. The Kier molecular flexibility index (Phi) is 4.70. The zero-order valence-electron chi connectivity index (χ0n) is 8.76. The number of carbonyl (C=O) groups is 1. The first-order chi connectivity index (χ1) is 5.95. The molecule has 0 aliphatic heterocycles. The van der Waals surface area contributed by atoms with Crippen LogP contribution in [0.25, 0.3) is 0 Å². The van der Waals surface area contributed by atoms with Crippen molar-refractivity contribution in [3.63, 3.8) is 0 Å². The smallest absolute Gasteiger partial charge is 0.331 e. The molecule has 0 saturated carbocycles. The molecular weight excluding hydrogens is 168 g/mol. The molecule has 0 aliphatic rings. The molecule has 0 heterocycles. The maximum atomic E-state index is 10.6. The Morgan fingerprint density at radius 3 is 2.38 bits per heavy atom. The van der Waals surface area contributed by atoms with E-state index in [1.165, 1.54) is 0 Å². The quantitative estimate of drug-likeness (QED) is 0.670. The monoisotopic (exact) mass is 186 g/mol. The lowest BCUT2D eigenvalue weighted by atomic mass is 10.00. The summed E-state index contributed by atoms with van der Waals surface area (Å²) in [4.78, 5) is 10.6. The van der Waals surface area contributed by atoms with Crippen LogP contribution < -0.4 is 0 Å². The van der Waals surface area contributed by atoms with Crippen LogP contribution in [-0.2, 0) is 9.53 Å². The third-order valence-electron chi connectivity index (χ3n) is 2.04. The van der Waals surface area contributed by atoms with Crippen LogP contribution in [0.3, 0.4) is 0 Å². The Morgan fingerprint density at radius 1 is 1.54 bits per heavy atom. The Labute approximate surface area is 79.4 Å². The number of rotatable bonds is 5. The highest BCUT2D eigenvalue weighted by atomic mass is 16.5. The lowest BCUT2D eigenvalue weighted by molar-refractivity contribution is -0.132. The van der Waals surface area contributed by atoms with E-state index in [1.54, 1.807) is 13.0 Å². The first-order valence-electron chi connectivity index (χ1n) is 4.52. The number of carboxylic acids is 1. The number of carboxylic acid groups (broad SMARTS) is 1.